The second-order valence-corrected chi connectivity index (χ2v) is 5.20. The molecule has 0 saturated carbocycles. The molecule has 1 unspecified atom stereocenters. The summed E-state index contributed by atoms with van der Waals surface area (Å²) < 4.78 is 5.22. The number of fused-ring (bicyclic) bond motifs is 1. The SMILES string of the molecule is CC(=O)C(C)c1nc(C2Cc3ccccc3C2)no1. The van der Waals surface area contributed by atoms with Gasteiger partial charge in [0, 0.05) is 5.92 Å². The van der Waals surface area contributed by atoms with Crippen molar-refractivity contribution in [3.8, 4) is 0 Å². The van der Waals surface area contributed by atoms with Crippen molar-refractivity contribution >= 4 is 5.78 Å². The largest absolute Gasteiger partial charge is 0.339 e. The minimum absolute atomic E-state index is 0.0462. The number of benzene rings is 1. The first-order chi connectivity index (χ1) is 9.15. The van der Waals surface area contributed by atoms with E-state index in [-0.39, 0.29) is 17.6 Å². The first kappa shape index (κ1) is 12.1. The lowest BCUT2D eigenvalue weighted by Gasteiger charge is -2.01. The first-order valence-electron chi connectivity index (χ1n) is 6.56. The zero-order valence-electron chi connectivity index (χ0n) is 11.1. The molecule has 1 heterocycles. The van der Waals surface area contributed by atoms with Gasteiger partial charge in [0.15, 0.2) is 5.82 Å². The predicted octanol–water partition coefficient (Wildman–Crippen LogP) is 2.64. The van der Waals surface area contributed by atoms with Gasteiger partial charge in [0.25, 0.3) is 0 Å². The zero-order valence-corrected chi connectivity index (χ0v) is 11.1. The third-order valence-electron chi connectivity index (χ3n) is 3.85. The maximum Gasteiger partial charge on any atom is 0.236 e. The maximum atomic E-state index is 11.3. The van der Waals surface area contributed by atoms with Crippen molar-refractivity contribution in [3.63, 3.8) is 0 Å². The summed E-state index contributed by atoms with van der Waals surface area (Å²) in [5.41, 5.74) is 2.72. The van der Waals surface area contributed by atoms with Crippen LogP contribution in [-0.4, -0.2) is 15.9 Å². The van der Waals surface area contributed by atoms with Crippen LogP contribution in [0.2, 0.25) is 0 Å². The summed E-state index contributed by atoms with van der Waals surface area (Å²) in [6, 6.07) is 8.41. The number of hydrogen-bond donors (Lipinski definition) is 0. The highest BCUT2D eigenvalue weighted by molar-refractivity contribution is 5.81. The summed E-state index contributed by atoms with van der Waals surface area (Å²) >= 11 is 0. The first-order valence-corrected chi connectivity index (χ1v) is 6.56. The topological polar surface area (TPSA) is 56.0 Å². The smallest absolute Gasteiger partial charge is 0.236 e. The molecule has 4 heteroatoms. The molecular weight excluding hydrogens is 240 g/mol. The van der Waals surface area contributed by atoms with E-state index in [1.807, 2.05) is 0 Å². The molecule has 0 N–H and O–H groups in total. The van der Waals surface area contributed by atoms with Crippen LogP contribution < -0.4 is 0 Å². The maximum absolute atomic E-state index is 11.3. The van der Waals surface area contributed by atoms with E-state index in [1.54, 1.807) is 13.8 Å². The van der Waals surface area contributed by atoms with E-state index in [2.05, 4.69) is 34.4 Å². The van der Waals surface area contributed by atoms with Crippen LogP contribution in [-0.2, 0) is 17.6 Å². The summed E-state index contributed by atoms with van der Waals surface area (Å²) in [4.78, 5) is 15.7. The van der Waals surface area contributed by atoms with Crippen molar-refractivity contribution < 1.29 is 9.32 Å². The molecule has 0 radical (unpaired) electrons. The Bertz CT molecular complexity index is 593. The Morgan fingerprint density at radius 1 is 1.32 bits per heavy atom. The monoisotopic (exact) mass is 256 g/mol. The normalized spacial score (nSPS) is 16.3. The van der Waals surface area contributed by atoms with Gasteiger partial charge in [-0.25, -0.2) is 0 Å². The van der Waals surface area contributed by atoms with Gasteiger partial charge in [-0.15, -0.1) is 0 Å². The quantitative estimate of drug-likeness (QED) is 0.847. The van der Waals surface area contributed by atoms with E-state index in [9.17, 15) is 4.79 Å². The molecule has 1 atom stereocenters. The Kier molecular flexibility index (Phi) is 2.93. The lowest BCUT2D eigenvalue weighted by atomic mass is 10.1. The summed E-state index contributed by atoms with van der Waals surface area (Å²) in [5, 5.41) is 4.05. The Labute approximate surface area is 111 Å². The number of aromatic nitrogens is 2. The van der Waals surface area contributed by atoms with Crippen molar-refractivity contribution in [2.45, 2.75) is 38.5 Å². The molecule has 98 valence electrons. The van der Waals surface area contributed by atoms with Gasteiger partial charge in [-0.3, -0.25) is 4.79 Å². The number of nitrogens with zero attached hydrogens (tertiary/aromatic N) is 2. The standard InChI is InChI=1S/C15H16N2O2/c1-9(10(2)18)15-16-14(17-19-15)13-7-11-5-3-4-6-12(11)8-13/h3-6,9,13H,7-8H2,1-2H3. The molecule has 0 bridgehead atoms. The van der Waals surface area contributed by atoms with E-state index in [0.717, 1.165) is 18.7 Å². The highest BCUT2D eigenvalue weighted by atomic mass is 16.5. The summed E-state index contributed by atoms with van der Waals surface area (Å²) in [7, 11) is 0. The highest BCUT2D eigenvalue weighted by Gasteiger charge is 2.28. The molecule has 2 aromatic rings. The Morgan fingerprint density at radius 2 is 1.95 bits per heavy atom. The number of Topliss-reactive ketones (excluding diaryl/α,β-unsaturated/α-hetero) is 1. The van der Waals surface area contributed by atoms with Gasteiger partial charge in [-0.05, 0) is 37.8 Å². The molecule has 0 amide bonds. The van der Waals surface area contributed by atoms with Crippen LogP contribution in [0.3, 0.4) is 0 Å². The Morgan fingerprint density at radius 3 is 2.53 bits per heavy atom. The Hall–Kier alpha value is -1.97. The van der Waals surface area contributed by atoms with E-state index >= 15 is 0 Å². The summed E-state index contributed by atoms with van der Waals surface area (Å²) in [6.45, 7) is 3.34. The lowest BCUT2D eigenvalue weighted by molar-refractivity contribution is -0.118. The van der Waals surface area contributed by atoms with Crippen LogP contribution in [0.4, 0.5) is 0 Å². The molecule has 19 heavy (non-hydrogen) atoms. The molecule has 1 aliphatic carbocycles. The molecule has 0 fully saturated rings. The molecule has 1 aliphatic rings. The van der Waals surface area contributed by atoms with Gasteiger partial charge in [0.1, 0.15) is 5.78 Å². The van der Waals surface area contributed by atoms with Gasteiger partial charge in [0.2, 0.25) is 5.89 Å². The fraction of sp³-hybridized carbons (Fsp3) is 0.400. The average Bonchev–Trinajstić information content (AvgIpc) is 3.03. The second-order valence-electron chi connectivity index (χ2n) is 5.20. The van der Waals surface area contributed by atoms with Crippen molar-refractivity contribution in [3.05, 3.63) is 47.1 Å². The van der Waals surface area contributed by atoms with Crippen molar-refractivity contribution in [1.82, 2.24) is 10.1 Å². The van der Waals surface area contributed by atoms with Gasteiger partial charge < -0.3 is 4.52 Å². The van der Waals surface area contributed by atoms with Crippen molar-refractivity contribution in [2.24, 2.45) is 0 Å². The summed E-state index contributed by atoms with van der Waals surface area (Å²) in [5.74, 6) is 1.15. The van der Waals surface area contributed by atoms with Gasteiger partial charge in [0.05, 0.1) is 5.92 Å². The van der Waals surface area contributed by atoms with Crippen LogP contribution in [0.15, 0.2) is 28.8 Å². The minimum Gasteiger partial charge on any atom is -0.339 e. The van der Waals surface area contributed by atoms with Crippen LogP contribution in [0, 0.1) is 0 Å². The lowest BCUT2D eigenvalue weighted by Crippen LogP contribution is -2.06. The zero-order chi connectivity index (χ0) is 13.4. The van der Waals surface area contributed by atoms with E-state index in [1.165, 1.54) is 11.1 Å². The summed E-state index contributed by atoms with van der Waals surface area (Å²) in [6.07, 6.45) is 1.90. The van der Waals surface area contributed by atoms with Gasteiger partial charge in [-0.1, -0.05) is 29.4 Å². The van der Waals surface area contributed by atoms with Gasteiger partial charge >= 0.3 is 0 Å². The third-order valence-corrected chi connectivity index (χ3v) is 3.85. The van der Waals surface area contributed by atoms with Crippen LogP contribution in [0.25, 0.3) is 0 Å². The number of rotatable bonds is 3. The average molecular weight is 256 g/mol. The molecular formula is C15H16N2O2. The molecule has 0 spiro atoms. The molecule has 3 rings (SSSR count). The van der Waals surface area contributed by atoms with E-state index < -0.39 is 0 Å². The molecule has 4 nitrogen and oxygen atoms in total. The van der Waals surface area contributed by atoms with Crippen molar-refractivity contribution in [1.29, 1.82) is 0 Å². The van der Waals surface area contributed by atoms with Crippen molar-refractivity contribution in [2.75, 3.05) is 0 Å². The number of carbonyl (C=O) groups is 1. The number of ketones is 1. The van der Waals surface area contributed by atoms with E-state index in [4.69, 9.17) is 4.52 Å². The molecule has 1 aromatic heterocycles. The molecule has 0 aliphatic heterocycles. The number of hydrogen-bond acceptors (Lipinski definition) is 4. The minimum atomic E-state index is -0.315. The fourth-order valence-corrected chi connectivity index (χ4v) is 2.50. The fourth-order valence-electron chi connectivity index (χ4n) is 2.50. The van der Waals surface area contributed by atoms with Gasteiger partial charge in [-0.2, -0.15) is 4.98 Å². The van der Waals surface area contributed by atoms with Crippen LogP contribution >= 0.6 is 0 Å². The second kappa shape index (κ2) is 4.61. The highest BCUT2D eigenvalue weighted by Crippen LogP contribution is 2.32. The van der Waals surface area contributed by atoms with Crippen LogP contribution in [0.1, 0.15) is 48.5 Å². The number of carbonyl (C=O) groups excluding carboxylic acids is 1. The third kappa shape index (κ3) is 2.18. The predicted molar refractivity (Wildman–Crippen MR) is 70.0 cm³/mol. The van der Waals surface area contributed by atoms with Crippen LogP contribution in [0.5, 0.6) is 0 Å². The molecule has 0 saturated heterocycles. The van der Waals surface area contributed by atoms with E-state index in [0.29, 0.717) is 5.89 Å². The Balaban J connectivity index is 1.81. The molecule has 1 aromatic carbocycles.